The maximum atomic E-state index is 9.51. The molecule has 0 spiro atoms. The average molecular weight is 410 g/mol. The fourth-order valence-corrected chi connectivity index (χ4v) is 3.93. The van der Waals surface area contributed by atoms with Gasteiger partial charge >= 0.3 is 0 Å². The van der Waals surface area contributed by atoms with Crippen LogP contribution in [0.15, 0.2) is 61.1 Å². The highest BCUT2D eigenvalue weighted by molar-refractivity contribution is 6.30. The van der Waals surface area contributed by atoms with E-state index >= 15 is 0 Å². The van der Waals surface area contributed by atoms with Crippen molar-refractivity contribution in [2.45, 2.75) is 18.9 Å². The standard InChI is InChI=1S/C22H24ClN5O/c23-18-7-3-6-17(11-18)22(19-8-1-2-9-24-19)27-20-12-21(26-15-25-20)28-10-4-5-16(13-28)14-29/h1-3,6-9,11-12,15-16,22,29H,4-5,10,13-14H2,(H,25,26,27). The van der Waals surface area contributed by atoms with Crippen LogP contribution in [0.5, 0.6) is 0 Å². The van der Waals surface area contributed by atoms with E-state index in [-0.39, 0.29) is 12.6 Å². The predicted molar refractivity (Wildman–Crippen MR) is 115 cm³/mol. The first-order chi connectivity index (χ1) is 14.2. The number of anilines is 2. The van der Waals surface area contributed by atoms with Crippen LogP contribution in [0.25, 0.3) is 0 Å². The van der Waals surface area contributed by atoms with E-state index in [1.165, 1.54) is 0 Å². The minimum absolute atomic E-state index is 0.191. The molecule has 1 aromatic carbocycles. The van der Waals surface area contributed by atoms with Gasteiger partial charge in [-0.25, -0.2) is 9.97 Å². The van der Waals surface area contributed by atoms with Crippen LogP contribution < -0.4 is 10.2 Å². The molecule has 3 heterocycles. The summed E-state index contributed by atoms with van der Waals surface area (Å²) in [5, 5.41) is 13.7. The van der Waals surface area contributed by atoms with Crippen LogP contribution >= 0.6 is 11.6 Å². The molecule has 150 valence electrons. The van der Waals surface area contributed by atoms with Crippen molar-refractivity contribution in [3.8, 4) is 0 Å². The van der Waals surface area contributed by atoms with Crippen LogP contribution in [-0.2, 0) is 0 Å². The van der Waals surface area contributed by atoms with Crippen LogP contribution in [0.4, 0.5) is 11.6 Å². The number of piperidine rings is 1. The van der Waals surface area contributed by atoms with E-state index in [1.54, 1.807) is 12.5 Å². The van der Waals surface area contributed by atoms with Crippen LogP contribution in [-0.4, -0.2) is 39.8 Å². The number of hydrogen-bond acceptors (Lipinski definition) is 6. The third-order valence-electron chi connectivity index (χ3n) is 5.21. The molecule has 0 amide bonds. The van der Waals surface area contributed by atoms with Crippen molar-refractivity contribution >= 4 is 23.2 Å². The Balaban J connectivity index is 1.61. The van der Waals surface area contributed by atoms with Crippen LogP contribution in [0.2, 0.25) is 5.02 Å². The second-order valence-electron chi connectivity index (χ2n) is 7.29. The highest BCUT2D eigenvalue weighted by Crippen LogP contribution is 2.28. The maximum Gasteiger partial charge on any atom is 0.134 e. The number of nitrogens with one attached hydrogen (secondary N) is 1. The van der Waals surface area contributed by atoms with E-state index in [2.05, 4.69) is 25.2 Å². The summed E-state index contributed by atoms with van der Waals surface area (Å²) in [6, 6.07) is 15.4. The Hall–Kier alpha value is -2.70. The lowest BCUT2D eigenvalue weighted by Crippen LogP contribution is -2.37. The smallest absolute Gasteiger partial charge is 0.134 e. The fourth-order valence-electron chi connectivity index (χ4n) is 3.73. The minimum Gasteiger partial charge on any atom is -0.396 e. The van der Waals surface area contributed by atoms with Gasteiger partial charge in [-0.05, 0) is 48.6 Å². The second kappa shape index (κ2) is 9.20. The van der Waals surface area contributed by atoms with Crippen molar-refractivity contribution in [1.82, 2.24) is 15.0 Å². The first-order valence-corrected chi connectivity index (χ1v) is 10.2. The van der Waals surface area contributed by atoms with Crippen molar-refractivity contribution in [3.05, 3.63) is 77.3 Å². The van der Waals surface area contributed by atoms with Gasteiger partial charge in [0.2, 0.25) is 0 Å². The highest BCUT2D eigenvalue weighted by atomic mass is 35.5. The van der Waals surface area contributed by atoms with Gasteiger partial charge in [-0.2, -0.15) is 0 Å². The Morgan fingerprint density at radius 2 is 2.07 bits per heavy atom. The molecule has 29 heavy (non-hydrogen) atoms. The van der Waals surface area contributed by atoms with E-state index < -0.39 is 0 Å². The Labute approximate surface area is 175 Å². The molecule has 1 fully saturated rings. The number of hydrogen-bond donors (Lipinski definition) is 2. The Kier molecular flexibility index (Phi) is 6.22. The normalized spacial score (nSPS) is 17.7. The molecular weight excluding hydrogens is 386 g/mol. The van der Waals surface area contributed by atoms with Crippen molar-refractivity contribution in [3.63, 3.8) is 0 Å². The molecule has 3 aromatic rings. The Morgan fingerprint density at radius 3 is 2.86 bits per heavy atom. The molecule has 2 aromatic heterocycles. The summed E-state index contributed by atoms with van der Waals surface area (Å²) in [5.74, 6) is 1.88. The zero-order valence-electron chi connectivity index (χ0n) is 16.1. The summed E-state index contributed by atoms with van der Waals surface area (Å²) >= 11 is 6.23. The summed E-state index contributed by atoms with van der Waals surface area (Å²) in [5.41, 5.74) is 1.89. The van der Waals surface area contributed by atoms with E-state index in [0.717, 1.165) is 48.8 Å². The largest absolute Gasteiger partial charge is 0.396 e. The van der Waals surface area contributed by atoms with Gasteiger partial charge in [0.15, 0.2) is 0 Å². The van der Waals surface area contributed by atoms with Gasteiger partial charge in [0.1, 0.15) is 18.0 Å². The van der Waals surface area contributed by atoms with Crippen molar-refractivity contribution in [2.24, 2.45) is 5.92 Å². The summed E-state index contributed by atoms with van der Waals surface area (Å²) in [6.07, 6.45) is 5.47. The molecule has 2 N–H and O–H groups in total. The lowest BCUT2D eigenvalue weighted by Gasteiger charge is -2.32. The predicted octanol–water partition coefficient (Wildman–Crippen LogP) is 3.94. The highest BCUT2D eigenvalue weighted by Gasteiger charge is 2.21. The third kappa shape index (κ3) is 4.83. The summed E-state index contributed by atoms with van der Waals surface area (Å²) in [6.45, 7) is 1.96. The molecule has 0 radical (unpaired) electrons. The first kappa shape index (κ1) is 19.6. The SMILES string of the molecule is OCC1CCCN(c2cc(NC(c3cccc(Cl)c3)c3ccccn3)ncn2)C1. The quantitative estimate of drug-likeness (QED) is 0.642. The Bertz CT molecular complexity index is 939. The maximum absolute atomic E-state index is 9.51. The fraction of sp³-hybridized carbons (Fsp3) is 0.318. The van der Waals surface area contributed by atoms with Gasteiger partial charge in [0, 0.05) is 37.0 Å². The summed E-state index contributed by atoms with van der Waals surface area (Å²) < 4.78 is 0. The summed E-state index contributed by atoms with van der Waals surface area (Å²) in [4.78, 5) is 15.6. The van der Waals surface area contributed by atoms with E-state index in [1.807, 2.05) is 48.5 Å². The molecule has 1 aliphatic rings. The van der Waals surface area contributed by atoms with E-state index in [9.17, 15) is 5.11 Å². The lowest BCUT2D eigenvalue weighted by atomic mass is 9.99. The van der Waals surface area contributed by atoms with Crippen LogP contribution in [0.1, 0.15) is 30.1 Å². The van der Waals surface area contributed by atoms with Gasteiger partial charge < -0.3 is 15.3 Å². The molecule has 7 heteroatoms. The zero-order chi connectivity index (χ0) is 20.1. The molecule has 2 atom stereocenters. The van der Waals surface area contributed by atoms with Gasteiger partial charge in [0.25, 0.3) is 0 Å². The molecule has 2 unspecified atom stereocenters. The van der Waals surface area contributed by atoms with Gasteiger partial charge in [-0.3, -0.25) is 4.98 Å². The minimum atomic E-state index is -0.191. The van der Waals surface area contributed by atoms with Crippen LogP contribution in [0.3, 0.4) is 0 Å². The van der Waals surface area contributed by atoms with E-state index in [4.69, 9.17) is 11.6 Å². The zero-order valence-corrected chi connectivity index (χ0v) is 16.8. The topological polar surface area (TPSA) is 74.2 Å². The van der Waals surface area contributed by atoms with Gasteiger partial charge in [0.05, 0.1) is 11.7 Å². The molecular formula is C22H24ClN5O. The van der Waals surface area contributed by atoms with Crippen LogP contribution in [0, 0.1) is 5.92 Å². The number of halogens is 1. The Morgan fingerprint density at radius 1 is 1.14 bits per heavy atom. The number of pyridine rings is 1. The number of aromatic nitrogens is 3. The number of aliphatic hydroxyl groups is 1. The number of rotatable bonds is 6. The molecule has 6 nitrogen and oxygen atoms in total. The second-order valence-corrected chi connectivity index (χ2v) is 7.72. The van der Waals surface area contributed by atoms with Crippen molar-refractivity contribution in [1.29, 1.82) is 0 Å². The number of nitrogens with zero attached hydrogens (tertiary/aromatic N) is 4. The van der Waals surface area contributed by atoms with E-state index in [0.29, 0.717) is 10.9 Å². The molecule has 0 saturated carbocycles. The lowest BCUT2D eigenvalue weighted by molar-refractivity contribution is 0.208. The van der Waals surface area contributed by atoms with Crippen molar-refractivity contribution in [2.75, 3.05) is 29.9 Å². The molecule has 4 rings (SSSR count). The molecule has 1 saturated heterocycles. The third-order valence-corrected chi connectivity index (χ3v) is 5.45. The molecule has 0 aliphatic carbocycles. The first-order valence-electron chi connectivity index (χ1n) is 9.83. The number of aliphatic hydroxyl groups excluding tert-OH is 1. The average Bonchev–Trinajstić information content (AvgIpc) is 2.78. The van der Waals surface area contributed by atoms with Crippen molar-refractivity contribution < 1.29 is 5.11 Å². The monoisotopic (exact) mass is 409 g/mol. The van der Waals surface area contributed by atoms with Gasteiger partial charge in [-0.1, -0.05) is 29.8 Å². The number of benzene rings is 1. The molecule has 1 aliphatic heterocycles. The molecule has 0 bridgehead atoms. The summed E-state index contributed by atoms with van der Waals surface area (Å²) in [7, 11) is 0. The van der Waals surface area contributed by atoms with Gasteiger partial charge in [-0.15, -0.1) is 0 Å².